The number of halogens is 1. The van der Waals surface area contributed by atoms with Crippen molar-refractivity contribution in [3.05, 3.63) is 42.5 Å². The number of piperidine rings is 1. The van der Waals surface area contributed by atoms with Crippen LogP contribution in [-0.4, -0.2) is 39.6 Å². The number of anilines is 1. The lowest BCUT2D eigenvalue weighted by Crippen LogP contribution is -2.38. The van der Waals surface area contributed by atoms with E-state index in [4.69, 9.17) is 4.74 Å². The highest BCUT2D eigenvalue weighted by molar-refractivity contribution is 5.63. The molecule has 0 spiro atoms. The number of aromatic nitrogens is 3. The van der Waals surface area contributed by atoms with Crippen molar-refractivity contribution in [2.45, 2.75) is 38.8 Å². The Morgan fingerprint density at radius 3 is 3.00 bits per heavy atom. The van der Waals surface area contributed by atoms with Gasteiger partial charge in [-0.05, 0) is 51.4 Å². The maximum absolute atomic E-state index is 14.3. The van der Waals surface area contributed by atoms with Crippen LogP contribution < -0.4 is 15.4 Å². The SMILES string of the molecule is CC(C)Oc1ccn2c(-c3ccc(F)c(NC4CCCNC4)n3)cnc2c1. The number of nitrogens with one attached hydrogen (secondary N) is 2. The Morgan fingerprint density at radius 1 is 1.33 bits per heavy atom. The topological polar surface area (TPSA) is 63.5 Å². The first-order chi connectivity index (χ1) is 13.1. The molecule has 1 atom stereocenters. The zero-order valence-corrected chi connectivity index (χ0v) is 15.6. The van der Waals surface area contributed by atoms with Gasteiger partial charge in [-0.1, -0.05) is 0 Å². The molecule has 1 unspecified atom stereocenters. The summed E-state index contributed by atoms with van der Waals surface area (Å²) in [4.78, 5) is 8.97. The Morgan fingerprint density at radius 2 is 2.22 bits per heavy atom. The number of hydrogen-bond donors (Lipinski definition) is 2. The van der Waals surface area contributed by atoms with Crippen molar-refractivity contribution in [1.82, 2.24) is 19.7 Å². The molecule has 4 heterocycles. The molecule has 0 aromatic carbocycles. The largest absolute Gasteiger partial charge is 0.491 e. The molecule has 0 amide bonds. The molecule has 3 aromatic rings. The van der Waals surface area contributed by atoms with Crippen LogP contribution in [0.1, 0.15) is 26.7 Å². The first kappa shape index (κ1) is 17.7. The summed E-state index contributed by atoms with van der Waals surface area (Å²) in [6.45, 7) is 5.80. The normalized spacial score (nSPS) is 17.4. The molecule has 27 heavy (non-hydrogen) atoms. The van der Waals surface area contributed by atoms with Crippen molar-refractivity contribution in [1.29, 1.82) is 0 Å². The second-order valence-electron chi connectivity index (χ2n) is 7.12. The van der Waals surface area contributed by atoms with Gasteiger partial charge in [-0.25, -0.2) is 14.4 Å². The van der Waals surface area contributed by atoms with Gasteiger partial charge in [0, 0.05) is 24.8 Å². The van der Waals surface area contributed by atoms with Gasteiger partial charge in [0.05, 0.1) is 23.7 Å². The third-order valence-corrected chi connectivity index (χ3v) is 4.60. The zero-order chi connectivity index (χ0) is 18.8. The fourth-order valence-corrected chi connectivity index (χ4v) is 3.35. The Labute approximate surface area is 157 Å². The average Bonchev–Trinajstić information content (AvgIpc) is 3.07. The van der Waals surface area contributed by atoms with E-state index in [9.17, 15) is 4.39 Å². The minimum absolute atomic E-state index is 0.101. The van der Waals surface area contributed by atoms with Crippen molar-refractivity contribution < 1.29 is 9.13 Å². The van der Waals surface area contributed by atoms with E-state index >= 15 is 0 Å². The van der Waals surface area contributed by atoms with Crippen molar-refractivity contribution >= 4 is 11.5 Å². The van der Waals surface area contributed by atoms with Crippen LogP contribution in [0.5, 0.6) is 5.75 Å². The lowest BCUT2D eigenvalue weighted by molar-refractivity contribution is 0.242. The van der Waals surface area contributed by atoms with Crippen LogP contribution in [0.2, 0.25) is 0 Å². The molecule has 1 aliphatic heterocycles. The van der Waals surface area contributed by atoms with Crippen LogP contribution in [0.25, 0.3) is 17.0 Å². The van der Waals surface area contributed by atoms with E-state index in [1.807, 2.05) is 36.6 Å². The van der Waals surface area contributed by atoms with Crippen molar-refractivity contribution in [3.63, 3.8) is 0 Å². The Kier molecular flexibility index (Phi) is 4.94. The number of rotatable bonds is 5. The summed E-state index contributed by atoms with van der Waals surface area (Å²) < 4.78 is 21.9. The first-order valence-corrected chi connectivity index (χ1v) is 9.38. The fourth-order valence-electron chi connectivity index (χ4n) is 3.35. The van der Waals surface area contributed by atoms with Crippen LogP contribution in [0.3, 0.4) is 0 Å². The molecule has 7 heteroatoms. The first-order valence-electron chi connectivity index (χ1n) is 9.38. The smallest absolute Gasteiger partial charge is 0.165 e. The van der Waals surface area contributed by atoms with Crippen molar-refractivity contribution in [3.8, 4) is 17.1 Å². The van der Waals surface area contributed by atoms with Gasteiger partial charge in [0.15, 0.2) is 11.6 Å². The van der Waals surface area contributed by atoms with Crippen LogP contribution >= 0.6 is 0 Å². The molecule has 0 radical (unpaired) electrons. The maximum atomic E-state index is 14.3. The molecule has 0 aliphatic carbocycles. The van der Waals surface area contributed by atoms with Crippen LogP contribution in [-0.2, 0) is 0 Å². The number of imidazole rings is 1. The summed E-state index contributed by atoms with van der Waals surface area (Å²) in [5.74, 6) is 0.718. The minimum atomic E-state index is -0.342. The second kappa shape index (κ2) is 7.52. The Hall–Kier alpha value is -2.67. The molecule has 1 fully saturated rings. The predicted molar refractivity (Wildman–Crippen MR) is 104 cm³/mol. The molecule has 1 saturated heterocycles. The highest BCUT2D eigenvalue weighted by atomic mass is 19.1. The summed E-state index contributed by atoms with van der Waals surface area (Å²) in [6, 6.07) is 7.11. The summed E-state index contributed by atoms with van der Waals surface area (Å²) >= 11 is 0. The van der Waals surface area contributed by atoms with Gasteiger partial charge in [0.2, 0.25) is 0 Å². The quantitative estimate of drug-likeness (QED) is 0.721. The molecule has 2 N–H and O–H groups in total. The third kappa shape index (κ3) is 3.88. The van der Waals surface area contributed by atoms with E-state index in [2.05, 4.69) is 20.6 Å². The molecule has 142 valence electrons. The molecular formula is C20H24FN5O. The van der Waals surface area contributed by atoms with E-state index in [0.29, 0.717) is 5.69 Å². The van der Waals surface area contributed by atoms with Crippen LogP contribution in [0.15, 0.2) is 36.7 Å². The lowest BCUT2D eigenvalue weighted by Gasteiger charge is -2.24. The Balaban J connectivity index is 1.63. The Bertz CT molecular complexity index is 933. The van der Waals surface area contributed by atoms with E-state index in [0.717, 1.165) is 43.0 Å². The highest BCUT2D eigenvalue weighted by Crippen LogP contribution is 2.25. The van der Waals surface area contributed by atoms with Crippen LogP contribution in [0.4, 0.5) is 10.2 Å². The van der Waals surface area contributed by atoms with Gasteiger partial charge in [-0.15, -0.1) is 0 Å². The van der Waals surface area contributed by atoms with Gasteiger partial charge >= 0.3 is 0 Å². The fraction of sp³-hybridized carbons (Fsp3) is 0.400. The summed E-state index contributed by atoms with van der Waals surface area (Å²) in [6.07, 6.45) is 5.84. The highest BCUT2D eigenvalue weighted by Gasteiger charge is 2.17. The van der Waals surface area contributed by atoms with Crippen molar-refractivity contribution in [2.75, 3.05) is 18.4 Å². The van der Waals surface area contributed by atoms with Gasteiger partial charge < -0.3 is 15.4 Å². The van der Waals surface area contributed by atoms with Gasteiger partial charge in [-0.2, -0.15) is 0 Å². The monoisotopic (exact) mass is 369 g/mol. The average molecular weight is 369 g/mol. The molecular weight excluding hydrogens is 345 g/mol. The summed E-state index contributed by atoms with van der Waals surface area (Å²) in [7, 11) is 0. The number of fused-ring (bicyclic) bond motifs is 1. The molecule has 0 bridgehead atoms. The van der Waals surface area contributed by atoms with E-state index in [1.54, 1.807) is 12.3 Å². The number of ether oxygens (including phenoxy) is 1. The minimum Gasteiger partial charge on any atom is -0.491 e. The van der Waals surface area contributed by atoms with Gasteiger partial charge in [0.25, 0.3) is 0 Å². The molecule has 0 saturated carbocycles. The van der Waals surface area contributed by atoms with Gasteiger partial charge in [0.1, 0.15) is 11.4 Å². The molecule has 1 aliphatic rings. The lowest BCUT2D eigenvalue weighted by atomic mass is 10.1. The van der Waals surface area contributed by atoms with E-state index in [1.165, 1.54) is 6.07 Å². The molecule has 4 rings (SSSR count). The third-order valence-electron chi connectivity index (χ3n) is 4.60. The number of hydrogen-bond acceptors (Lipinski definition) is 5. The zero-order valence-electron chi connectivity index (χ0n) is 15.6. The second-order valence-corrected chi connectivity index (χ2v) is 7.12. The van der Waals surface area contributed by atoms with Crippen LogP contribution in [0, 0.1) is 5.82 Å². The molecule has 3 aromatic heterocycles. The van der Waals surface area contributed by atoms with Crippen molar-refractivity contribution in [2.24, 2.45) is 0 Å². The van der Waals surface area contributed by atoms with E-state index < -0.39 is 0 Å². The number of pyridine rings is 2. The standard InChI is InChI=1S/C20H24FN5O/c1-13(2)27-15-7-9-26-18(12-23-19(26)10-15)17-6-5-16(21)20(25-17)24-14-4-3-8-22-11-14/h5-7,9-10,12-14,22H,3-4,8,11H2,1-2H3,(H,24,25). The summed E-state index contributed by atoms with van der Waals surface area (Å²) in [5, 5.41) is 6.55. The summed E-state index contributed by atoms with van der Waals surface area (Å²) in [5.41, 5.74) is 2.25. The molecule has 6 nitrogen and oxygen atoms in total. The van der Waals surface area contributed by atoms with E-state index in [-0.39, 0.29) is 23.8 Å². The van der Waals surface area contributed by atoms with Gasteiger partial charge in [-0.3, -0.25) is 4.40 Å². The maximum Gasteiger partial charge on any atom is 0.165 e. The number of nitrogens with zero attached hydrogens (tertiary/aromatic N) is 3. The predicted octanol–water partition coefficient (Wildman–Crippen LogP) is 3.49.